The lowest BCUT2D eigenvalue weighted by atomic mass is 10.1. The van der Waals surface area contributed by atoms with Gasteiger partial charge >= 0.3 is 0 Å². The van der Waals surface area contributed by atoms with Gasteiger partial charge in [-0.05, 0) is 60.2 Å². The Balaban J connectivity index is 1.82. The third-order valence-electron chi connectivity index (χ3n) is 4.03. The van der Waals surface area contributed by atoms with Crippen molar-refractivity contribution in [3.8, 4) is 11.8 Å². The maximum atomic E-state index is 13.1. The number of anilines is 1. The number of carbonyl (C=O) groups excluding carboxylic acids is 1. The third-order valence-corrected chi connectivity index (χ3v) is 4.76. The number of nitrogens with zero attached hydrogens (tertiary/aromatic N) is 1. The minimum absolute atomic E-state index is 0.0975. The summed E-state index contributed by atoms with van der Waals surface area (Å²) in [5, 5.41) is 12.6. The minimum Gasteiger partial charge on any atom is -0.488 e. The fourth-order valence-corrected chi connectivity index (χ4v) is 3.14. The van der Waals surface area contributed by atoms with E-state index in [-0.39, 0.29) is 18.0 Å². The molecule has 0 atom stereocenters. The van der Waals surface area contributed by atoms with Crippen LogP contribution in [0.5, 0.6) is 5.75 Å². The Morgan fingerprint density at radius 1 is 1.17 bits per heavy atom. The van der Waals surface area contributed by atoms with Crippen LogP contribution in [0, 0.1) is 17.1 Å². The van der Waals surface area contributed by atoms with Crippen LogP contribution in [-0.4, -0.2) is 5.91 Å². The smallest absolute Gasteiger partial charge is 0.266 e. The Hall–Kier alpha value is -3.14. The highest BCUT2D eigenvalue weighted by molar-refractivity contribution is 9.10. The van der Waals surface area contributed by atoms with E-state index in [2.05, 4.69) is 21.2 Å². The van der Waals surface area contributed by atoms with Crippen LogP contribution < -0.4 is 10.1 Å². The summed E-state index contributed by atoms with van der Waals surface area (Å²) in [7, 11) is 0. The van der Waals surface area contributed by atoms with Gasteiger partial charge in [0.2, 0.25) is 0 Å². The average Bonchev–Trinajstić information content (AvgIpc) is 2.72. The molecule has 0 aliphatic carbocycles. The van der Waals surface area contributed by atoms with Gasteiger partial charge in [0.25, 0.3) is 5.91 Å². The number of rotatable bonds is 6. The molecule has 0 saturated carbocycles. The normalized spacial score (nSPS) is 10.9. The molecule has 0 aliphatic rings. The molecule has 150 valence electrons. The predicted octanol–water partition coefficient (Wildman–Crippen LogP) is 6.37. The van der Waals surface area contributed by atoms with Gasteiger partial charge in [-0.3, -0.25) is 4.79 Å². The van der Waals surface area contributed by atoms with E-state index in [1.54, 1.807) is 54.6 Å². The summed E-state index contributed by atoms with van der Waals surface area (Å²) in [6, 6.07) is 19.8. The van der Waals surface area contributed by atoms with Crippen molar-refractivity contribution >= 4 is 45.2 Å². The number of nitriles is 1. The SMILES string of the molecule is N#C/C(=C\c1cc(Br)ccc1OCc1ccc(F)cc1)C(=O)Nc1cccc(Cl)c1. The molecule has 3 rings (SSSR count). The molecule has 0 radical (unpaired) electrons. The molecule has 0 heterocycles. The van der Waals surface area contributed by atoms with E-state index in [0.29, 0.717) is 22.0 Å². The summed E-state index contributed by atoms with van der Waals surface area (Å²) in [6.07, 6.45) is 1.45. The zero-order valence-corrected chi connectivity index (χ0v) is 17.9. The number of ether oxygens (including phenoxy) is 1. The molecule has 7 heteroatoms. The van der Waals surface area contributed by atoms with Gasteiger partial charge in [0.15, 0.2) is 0 Å². The van der Waals surface area contributed by atoms with Crippen molar-refractivity contribution in [3.05, 3.63) is 98.7 Å². The zero-order chi connectivity index (χ0) is 21.5. The highest BCUT2D eigenvalue weighted by Gasteiger charge is 2.12. The molecule has 0 saturated heterocycles. The second-order valence-corrected chi connectivity index (χ2v) is 7.58. The number of nitrogens with one attached hydrogen (secondary N) is 1. The Morgan fingerprint density at radius 3 is 2.63 bits per heavy atom. The standard InChI is InChI=1S/C23H15BrClFN2O2/c24-18-6-9-22(30-14-15-4-7-20(26)8-5-15)16(11-18)10-17(13-27)23(29)28-21-3-1-2-19(25)12-21/h1-12H,14H2,(H,28,29)/b17-10+. The van der Waals surface area contributed by atoms with Crippen LogP contribution in [-0.2, 0) is 11.4 Å². The fourth-order valence-electron chi connectivity index (χ4n) is 2.57. The van der Waals surface area contributed by atoms with E-state index in [1.165, 1.54) is 18.2 Å². The molecular weight excluding hydrogens is 471 g/mol. The van der Waals surface area contributed by atoms with Crippen LogP contribution in [0.4, 0.5) is 10.1 Å². The van der Waals surface area contributed by atoms with Crippen molar-refractivity contribution in [1.82, 2.24) is 0 Å². The van der Waals surface area contributed by atoms with Crippen LogP contribution in [0.1, 0.15) is 11.1 Å². The molecule has 0 aromatic heterocycles. The molecule has 4 nitrogen and oxygen atoms in total. The van der Waals surface area contributed by atoms with Crippen molar-refractivity contribution in [2.75, 3.05) is 5.32 Å². The molecular formula is C23H15BrClFN2O2. The molecule has 0 unspecified atom stereocenters. The molecule has 0 bridgehead atoms. The molecule has 0 spiro atoms. The van der Waals surface area contributed by atoms with E-state index >= 15 is 0 Å². The number of benzene rings is 3. The van der Waals surface area contributed by atoms with Crippen molar-refractivity contribution < 1.29 is 13.9 Å². The Morgan fingerprint density at radius 2 is 1.93 bits per heavy atom. The first kappa shape index (κ1) is 21.6. The van der Waals surface area contributed by atoms with E-state index in [9.17, 15) is 14.4 Å². The minimum atomic E-state index is -0.566. The first-order valence-corrected chi connectivity index (χ1v) is 9.97. The van der Waals surface area contributed by atoms with Gasteiger partial charge in [0.1, 0.15) is 29.8 Å². The summed E-state index contributed by atoms with van der Waals surface area (Å²) in [5.74, 6) is -0.412. The average molecular weight is 486 g/mol. The highest BCUT2D eigenvalue weighted by Crippen LogP contribution is 2.27. The largest absolute Gasteiger partial charge is 0.488 e. The number of hydrogen-bond acceptors (Lipinski definition) is 3. The van der Waals surface area contributed by atoms with Crippen molar-refractivity contribution in [2.45, 2.75) is 6.61 Å². The first-order chi connectivity index (χ1) is 14.4. The van der Waals surface area contributed by atoms with Crippen LogP contribution in [0.2, 0.25) is 5.02 Å². The lowest BCUT2D eigenvalue weighted by Crippen LogP contribution is -2.13. The van der Waals surface area contributed by atoms with Crippen LogP contribution >= 0.6 is 27.5 Å². The molecule has 3 aromatic carbocycles. The van der Waals surface area contributed by atoms with Gasteiger partial charge in [-0.1, -0.05) is 45.7 Å². The Kier molecular flexibility index (Phi) is 7.23. The molecule has 1 N–H and O–H groups in total. The number of amides is 1. The second-order valence-electron chi connectivity index (χ2n) is 6.23. The van der Waals surface area contributed by atoms with Gasteiger partial charge in [0, 0.05) is 20.7 Å². The van der Waals surface area contributed by atoms with Crippen molar-refractivity contribution in [3.63, 3.8) is 0 Å². The van der Waals surface area contributed by atoms with Crippen LogP contribution in [0.15, 0.2) is 76.8 Å². The van der Waals surface area contributed by atoms with Crippen LogP contribution in [0.25, 0.3) is 6.08 Å². The molecule has 0 fully saturated rings. The van der Waals surface area contributed by atoms with Gasteiger partial charge in [-0.2, -0.15) is 5.26 Å². The summed E-state index contributed by atoms with van der Waals surface area (Å²) in [5.41, 5.74) is 1.72. The summed E-state index contributed by atoms with van der Waals surface area (Å²) in [4.78, 5) is 12.5. The monoisotopic (exact) mass is 484 g/mol. The van der Waals surface area contributed by atoms with Crippen LogP contribution in [0.3, 0.4) is 0 Å². The highest BCUT2D eigenvalue weighted by atomic mass is 79.9. The Bertz CT molecular complexity index is 1140. The zero-order valence-electron chi connectivity index (χ0n) is 15.5. The van der Waals surface area contributed by atoms with E-state index in [0.717, 1.165) is 10.0 Å². The molecule has 1 amide bonds. The quantitative estimate of drug-likeness (QED) is 0.326. The Labute approximate surface area is 186 Å². The fraction of sp³-hybridized carbons (Fsp3) is 0.0435. The lowest BCUT2D eigenvalue weighted by molar-refractivity contribution is -0.112. The second kappa shape index (κ2) is 10.1. The number of carbonyl (C=O) groups is 1. The maximum absolute atomic E-state index is 13.1. The third kappa shape index (κ3) is 5.93. The van der Waals surface area contributed by atoms with Gasteiger partial charge < -0.3 is 10.1 Å². The maximum Gasteiger partial charge on any atom is 0.266 e. The van der Waals surface area contributed by atoms with Crippen molar-refractivity contribution in [2.24, 2.45) is 0 Å². The molecule has 30 heavy (non-hydrogen) atoms. The topological polar surface area (TPSA) is 62.1 Å². The summed E-state index contributed by atoms with van der Waals surface area (Å²) >= 11 is 9.32. The van der Waals surface area contributed by atoms with E-state index in [4.69, 9.17) is 16.3 Å². The van der Waals surface area contributed by atoms with Gasteiger partial charge in [-0.15, -0.1) is 0 Å². The molecule has 3 aromatic rings. The van der Waals surface area contributed by atoms with E-state index in [1.807, 2.05) is 6.07 Å². The molecule has 0 aliphatic heterocycles. The van der Waals surface area contributed by atoms with Gasteiger partial charge in [0.05, 0.1) is 0 Å². The lowest BCUT2D eigenvalue weighted by Gasteiger charge is -2.11. The predicted molar refractivity (Wildman–Crippen MR) is 119 cm³/mol. The number of hydrogen-bond donors (Lipinski definition) is 1. The number of halogens is 3. The van der Waals surface area contributed by atoms with E-state index < -0.39 is 5.91 Å². The van der Waals surface area contributed by atoms with Gasteiger partial charge in [-0.25, -0.2) is 4.39 Å². The summed E-state index contributed by atoms with van der Waals surface area (Å²) in [6.45, 7) is 0.208. The summed E-state index contributed by atoms with van der Waals surface area (Å²) < 4.78 is 19.7. The van der Waals surface area contributed by atoms with Crippen molar-refractivity contribution in [1.29, 1.82) is 5.26 Å². The first-order valence-electron chi connectivity index (χ1n) is 8.80.